The van der Waals surface area contributed by atoms with E-state index in [4.69, 9.17) is 0 Å². The Kier molecular flexibility index (Phi) is 6.52. The first kappa shape index (κ1) is 18.9. The van der Waals surface area contributed by atoms with Crippen molar-refractivity contribution in [2.24, 2.45) is 11.8 Å². The summed E-state index contributed by atoms with van der Waals surface area (Å²) in [6, 6.07) is 6.89. The highest BCUT2D eigenvalue weighted by Gasteiger charge is 2.47. The quantitative estimate of drug-likeness (QED) is 0.619. The van der Waals surface area contributed by atoms with Crippen LogP contribution in [0.15, 0.2) is 24.3 Å². The molecule has 1 aliphatic carbocycles. The minimum atomic E-state index is -0.260. The van der Waals surface area contributed by atoms with Gasteiger partial charge in [0.25, 0.3) is 0 Å². The van der Waals surface area contributed by atoms with Crippen LogP contribution in [0.25, 0.3) is 0 Å². The van der Waals surface area contributed by atoms with Gasteiger partial charge in [0, 0.05) is 24.8 Å². The van der Waals surface area contributed by atoms with Crippen LogP contribution in [0.2, 0.25) is 0 Å². The van der Waals surface area contributed by atoms with Gasteiger partial charge in [-0.25, -0.2) is 0 Å². The van der Waals surface area contributed by atoms with Crippen LogP contribution < -0.4 is 16.0 Å². The van der Waals surface area contributed by atoms with Crippen LogP contribution in [-0.2, 0) is 14.4 Å². The van der Waals surface area contributed by atoms with Gasteiger partial charge in [-0.3, -0.25) is 14.4 Å². The molecule has 1 aromatic rings. The molecule has 7 heteroatoms. The third-order valence-electron chi connectivity index (χ3n) is 4.02. The number of benzene rings is 1. The molecule has 1 saturated carbocycles. The Balaban J connectivity index is 1.73. The molecule has 3 amide bonds. The maximum Gasteiger partial charge on any atom is 0.228 e. The Bertz CT molecular complexity index is 628. The molecule has 0 radical (unpaired) electrons. The molecular weight excluding hydrogens is 320 g/mol. The fraction of sp³-hybridized carbons (Fsp3) is 0.500. The third-order valence-corrected chi connectivity index (χ3v) is 4.02. The summed E-state index contributed by atoms with van der Waals surface area (Å²) in [5.41, 5.74) is 1.32. The molecule has 3 N–H and O–H groups in total. The molecule has 136 valence electrons. The fourth-order valence-corrected chi connectivity index (χ4v) is 2.59. The minimum Gasteiger partial charge on any atom is -0.356 e. The molecule has 1 fully saturated rings. The summed E-state index contributed by atoms with van der Waals surface area (Å²) in [6.45, 7) is 2.99. The smallest absolute Gasteiger partial charge is 0.228 e. The van der Waals surface area contributed by atoms with Crippen molar-refractivity contribution >= 4 is 29.1 Å². The minimum absolute atomic E-state index is 0.0417. The van der Waals surface area contributed by atoms with E-state index in [2.05, 4.69) is 20.9 Å². The van der Waals surface area contributed by atoms with E-state index in [0.717, 1.165) is 13.0 Å². The Hall–Kier alpha value is -2.41. The first-order chi connectivity index (χ1) is 11.9. The summed E-state index contributed by atoms with van der Waals surface area (Å²) in [6.07, 6.45) is 1.48. The molecule has 0 heterocycles. The fourth-order valence-electron chi connectivity index (χ4n) is 2.59. The molecule has 0 spiro atoms. The van der Waals surface area contributed by atoms with Crippen LogP contribution in [0, 0.1) is 11.8 Å². The number of hydrogen-bond donors (Lipinski definition) is 3. The van der Waals surface area contributed by atoms with E-state index in [1.54, 1.807) is 24.3 Å². The van der Waals surface area contributed by atoms with Gasteiger partial charge < -0.3 is 20.9 Å². The maximum absolute atomic E-state index is 12.2. The normalized spacial score (nSPS) is 18.6. The van der Waals surface area contributed by atoms with Crippen molar-refractivity contribution in [3.05, 3.63) is 24.3 Å². The average Bonchev–Trinajstić information content (AvgIpc) is 3.33. The van der Waals surface area contributed by atoms with Crippen molar-refractivity contribution < 1.29 is 14.4 Å². The van der Waals surface area contributed by atoms with Crippen molar-refractivity contribution in [3.8, 4) is 0 Å². The van der Waals surface area contributed by atoms with Crippen LogP contribution in [-0.4, -0.2) is 49.8 Å². The van der Waals surface area contributed by atoms with Gasteiger partial charge in [-0.2, -0.15) is 0 Å². The van der Waals surface area contributed by atoms with Crippen LogP contribution in [0.1, 0.15) is 19.8 Å². The lowest BCUT2D eigenvalue weighted by Crippen LogP contribution is -2.30. The number of carbonyl (C=O) groups is 3. The summed E-state index contributed by atoms with van der Waals surface area (Å²) in [7, 11) is 3.98. The van der Waals surface area contributed by atoms with Crippen LogP contribution in [0.5, 0.6) is 0 Å². The van der Waals surface area contributed by atoms with Gasteiger partial charge in [0.1, 0.15) is 0 Å². The SMILES string of the molecule is CC(=O)Nc1ccc(NC(=O)C2CC2C(=O)NCCCN(C)C)cc1. The molecule has 0 saturated heterocycles. The number of nitrogens with one attached hydrogen (secondary N) is 3. The van der Waals surface area contributed by atoms with Crippen LogP contribution >= 0.6 is 0 Å². The first-order valence-electron chi connectivity index (χ1n) is 8.48. The monoisotopic (exact) mass is 346 g/mol. The molecule has 2 atom stereocenters. The summed E-state index contributed by atoms with van der Waals surface area (Å²) in [5, 5.41) is 8.37. The zero-order valence-electron chi connectivity index (χ0n) is 15.0. The lowest BCUT2D eigenvalue weighted by molar-refractivity contribution is -0.125. The van der Waals surface area contributed by atoms with Crippen molar-refractivity contribution in [1.29, 1.82) is 0 Å². The van der Waals surface area contributed by atoms with Gasteiger partial charge in [0.15, 0.2) is 0 Å². The molecule has 25 heavy (non-hydrogen) atoms. The summed E-state index contributed by atoms with van der Waals surface area (Å²) in [4.78, 5) is 37.3. The molecule has 1 aromatic carbocycles. The van der Waals surface area contributed by atoms with E-state index >= 15 is 0 Å². The number of anilines is 2. The number of rotatable bonds is 8. The van der Waals surface area contributed by atoms with E-state index in [9.17, 15) is 14.4 Å². The van der Waals surface area contributed by atoms with E-state index < -0.39 is 0 Å². The lowest BCUT2D eigenvalue weighted by atomic mass is 10.2. The Morgan fingerprint density at radius 1 is 1.00 bits per heavy atom. The largest absolute Gasteiger partial charge is 0.356 e. The van der Waals surface area contributed by atoms with Gasteiger partial charge in [-0.05, 0) is 57.7 Å². The van der Waals surface area contributed by atoms with Gasteiger partial charge in [0.2, 0.25) is 17.7 Å². The number of amides is 3. The standard InChI is InChI=1S/C18H26N4O3/c1-12(23)20-13-5-7-14(8-6-13)21-18(25)16-11-15(16)17(24)19-9-4-10-22(2)3/h5-8,15-16H,4,9-11H2,1-3H3,(H,19,24)(H,20,23)(H,21,25). The van der Waals surface area contributed by atoms with Crippen molar-refractivity contribution in [3.63, 3.8) is 0 Å². The topological polar surface area (TPSA) is 90.5 Å². The summed E-state index contributed by atoms with van der Waals surface area (Å²) in [5.74, 6) is -0.809. The molecule has 2 unspecified atom stereocenters. The van der Waals surface area contributed by atoms with Gasteiger partial charge in [-0.1, -0.05) is 0 Å². The predicted molar refractivity (Wildman–Crippen MR) is 97.2 cm³/mol. The summed E-state index contributed by atoms with van der Waals surface area (Å²) < 4.78 is 0. The molecule has 0 bridgehead atoms. The van der Waals surface area contributed by atoms with Gasteiger partial charge in [-0.15, -0.1) is 0 Å². The Morgan fingerprint density at radius 2 is 1.56 bits per heavy atom. The molecule has 2 rings (SSSR count). The highest BCUT2D eigenvalue weighted by Crippen LogP contribution is 2.39. The molecule has 0 aliphatic heterocycles. The number of hydrogen-bond acceptors (Lipinski definition) is 4. The second-order valence-corrected chi connectivity index (χ2v) is 6.64. The second-order valence-electron chi connectivity index (χ2n) is 6.64. The number of carbonyl (C=O) groups excluding carboxylic acids is 3. The zero-order chi connectivity index (χ0) is 18.4. The third kappa shape index (κ3) is 6.19. The van der Waals surface area contributed by atoms with Crippen LogP contribution in [0.4, 0.5) is 11.4 Å². The van der Waals surface area contributed by atoms with Gasteiger partial charge >= 0.3 is 0 Å². The van der Waals surface area contributed by atoms with Crippen molar-refractivity contribution in [2.45, 2.75) is 19.8 Å². The molecule has 7 nitrogen and oxygen atoms in total. The van der Waals surface area contributed by atoms with Gasteiger partial charge in [0.05, 0.1) is 11.8 Å². The zero-order valence-corrected chi connectivity index (χ0v) is 15.0. The van der Waals surface area contributed by atoms with E-state index in [-0.39, 0.29) is 29.6 Å². The Labute approximate surface area is 148 Å². The lowest BCUT2D eigenvalue weighted by Gasteiger charge is -2.10. The average molecular weight is 346 g/mol. The molecule has 0 aromatic heterocycles. The molecule has 1 aliphatic rings. The van der Waals surface area contributed by atoms with E-state index in [1.165, 1.54) is 6.92 Å². The van der Waals surface area contributed by atoms with E-state index in [1.807, 2.05) is 14.1 Å². The number of nitrogens with zero attached hydrogens (tertiary/aromatic N) is 1. The Morgan fingerprint density at radius 3 is 2.12 bits per heavy atom. The highest BCUT2D eigenvalue weighted by atomic mass is 16.2. The van der Waals surface area contributed by atoms with Crippen LogP contribution in [0.3, 0.4) is 0 Å². The predicted octanol–water partition coefficient (Wildman–Crippen LogP) is 1.29. The first-order valence-corrected chi connectivity index (χ1v) is 8.48. The molecular formula is C18H26N4O3. The maximum atomic E-state index is 12.2. The second kappa shape index (κ2) is 8.62. The van der Waals surface area contributed by atoms with E-state index in [0.29, 0.717) is 24.3 Å². The van der Waals surface area contributed by atoms with Crippen molar-refractivity contribution in [1.82, 2.24) is 10.2 Å². The highest BCUT2D eigenvalue weighted by molar-refractivity contribution is 5.99. The van der Waals surface area contributed by atoms with Crippen molar-refractivity contribution in [2.75, 3.05) is 37.8 Å². The summed E-state index contributed by atoms with van der Waals surface area (Å²) >= 11 is 0.